The molecule has 0 spiro atoms. The first-order chi connectivity index (χ1) is 7.75. The van der Waals surface area contributed by atoms with E-state index in [2.05, 4.69) is 28.8 Å². The number of Topliss-reactive ketones (excluding diaryl/α,β-unsaturated/α-hetero) is 1. The monoisotopic (exact) mass is 237 g/mol. The van der Waals surface area contributed by atoms with E-state index in [1.165, 1.54) is 5.56 Å². The molecule has 16 heavy (non-hydrogen) atoms. The van der Waals surface area contributed by atoms with Crippen molar-refractivity contribution < 1.29 is 4.79 Å². The zero-order valence-corrected chi connectivity index (χ0v) is 10.6. The van der Waals surface area contributed by atoms with Gasteiger partial charge in [0.1, 0.15) is 5.78 Å². The Labute approximate surface area is 101 Å². The molecule has 1 aliphatic carbocycles. The minimum atomic E-state index is 0.447. The van der Waals surface area contributed by atoms with Gasteiger partial charge in [-0.05, 0) is 48.7 Å². The van der Waals surface area contributed by atoms with Gasteiger partial charge in [0.15, 0.2) is 0 Å². The van der Waals surface area contributed by atoms with Gasteiger partial charge in [-0.3, -0.25) is 4.79 Å². The van der Waals surface area contributed by atoms with Gasteiger partial charge in [0.25, 0.3) is 0 Å². The summed E-state index contributed by atoms with van der Waals surface area (Å²) in [4.78, 5) is 13.6. The number of rotatable bonds is 4. The third-order valence-electron chi connectivity index (χ3n) is 3.47. The fraction of sp³-hybridized carbons (Fsp3) is 0.615. The van der Waals surface area contributed by atoms with E-state index in [-0.39, 0.29) is 0 Å². The van der Waals surface area contributed by atoms with Crippen molar-refractivity contribution in [2.24, 2.45) is 0 Å². The average Bonchev–Trinajstić information content (AvgIpc) is 2.80. The summed E-state index contributed by atoms with van der Waals surface area (Å²) in [5.41, 5.74) is 1.43. The number of hydrogen-bond acceptors (Lipinski definition) is 3. The molecule has 0 radical (unpaired) electrons. The summed E-state index contributed by atoms with van der Waals surface area (Å²) in [6, 6.07) is 2.82. The molecule has 0 saturated heterocycles. The average molecular weight is 237 g/mol. The van der Waals surface area contributed by atoms with Gasteiger partial charge < -0.3 is 4.90 Å². The number of hydrogen-bond donors (Lipinski definition) is 0. The largest absolute Gasteiger partial charge is 0.303 e. The molecule has 1 heterocycles. The van der Waals surface area contributed by atoms with Crippen molar-refractivity contribution in [1.82, 2.24) is 4.90 Å². The van der Waals surface area contributed by atoms with Crippen LogP contribution in [0.3, 0.4) is 0 Å². The first-order valence-corrected chi connectivity index (χ1v) is 6.93. The predicted molar refractivity (Wildman–Crippen MR) is 67.9 cm³/mol. The Morgan fingerprint density at radius 1 is 1.44 bits per heavy atom. The zero-order chi connectivity index (χ0) is 11.4. The lowest BCUT2D eigenvalue weighted by Gasteiger charge is -2.30. The maximum atomic E-state index is 11.2. The first kappa shape index (κ1) is 11.8. The van der Waals surface area contributed by atoms with Crippen LogP contribution in [0, 0.1) is 0 Å². The van der Waals surface area contributed by atoms with E-state index in [0.717, 1.165) is 38.6 Å². The summed E-state index contributed by atoms with van der Waals surface area (Å²) in [5, 5.41) is 4.35. The molecule has 2 rings (SSSR count). The minimum Gasteiger partial charge on any atom is -0.303 e. The lowest BCUT2D eigenvalue weighted by molar-refractivity contribution is -0.121. The highest BCUT2D eigenvalue weighted by Gasteiger charge is 2.21. The molecule has 0 atom stereocenters. The number of carbonyl (C=O) groups is 1. The Kier molecular flexibility index (Phi) is 4.13. The van der Waals surface area contributed by atoms with Crippen molar-refractivity contribution in [1.29, 1.82) is 0 Å². The lowest BCUT2D eigenvalue weighted by Crippen LogP contribution is -2.36. The predicted octanol–water partition coefficient (Wildman–Crippen LogP) is 2.73. The highest BCUT2D eigenvalue weighted by atomic mass is 32.1. The summed E-state index contributed by atoms with van der Waals surface area (Å²) in [6.07, 6.45) is 4.81. The maximum Gasteiger partial charge on any atom is 0.133 e. The number of likely N-dealkylation sites (N-methyl/N-ethyl adjacent to an activating group) is 1. The Hall–Kier alpha value is -0.670. The van der Waals surface area contributed by atoms with Gasteiger partial charge in [0, 0.05) is 25.4 Å². The normalized spacial score (nSPS) is 18.2. The molecular formula is C13H19NOS. The van der Waals surface area contributed by atoms with E-state index < -0.39 is 0 Å². The van der Waals surface area contributed by atoms with Crippen LogP contribution in [0.15, 0.2) is 16.8 Å². The van der Waals surface area contributed by atoms with Crippen LogP contribution in [-0.2, 0) is 11.2 Å². The molecule has 0 aliphatic heterocycles. The molecule has 0 unspecified atom stereocenters. The summed E-state index contributed by atoms with van der Waals surface area (Å²) < 4.78 is 0. The van der Waals surface area contributed by atoms with E-state index >= 15 is 0 Å². The molecule has 1 aliphatic rings. The van der Waals surface area contributed by atoms with Crippen molar-refractivity contribution in [3.63, 3.8) is 0 Å². The molecule has 0 N–H and O–H groups in total. The van der Waals surface area contributed by atoms with Gasteiger partial charge >= 0.3 is 0 Å². The maximum absolute atomic E-state index is 11.2. The van der Waals surface area contributed by atoms with Crippen LogP contribution in [0.4, 0.5) is 0 Å². The standard InChI is InChI=1S/C13H19NOS/c1-14(8-6-11-7-9-16-10-11)12-2-4-13(15)5-3-12/h7,9-10,12H,2-6,8H2,1H3. The smallest absolute Gasteiger partial charge is 0.133 e. The third kappa shape index (κ3) is 3.16. The van der Waals surface area contributed by atoms with Crippen LogP contribution in [0.2, 0.25) is 0 Å². The molecule has 2 nitrogen and oxygen atoms in total. The summed E-state index contributed by atoms with van der Waals surface area (Å²) in [5.74, 6) is 0.447. The lowest BCUT2D eigenvalue weighted by atomic mass is 9.93. The fourth-order valence-electron chi connectivity index (χ4n) is 2.29. The van der Waals surface area contributed by atoms with E-state index in [9.17, 15) is 4.79 Å². The van der Waals surface area contributed by atoms with Gasteiger partial charge in [0.05, 0.1) is 0 Å². The van der Waals surface area contributed by atoms with Crippen molar-refractivity contribution in [2.75, 3.05) is 13.6 Å². The Morgan fingerprint density at radius 2 is 2.19 bits per heavy atom. The summed E-state index contributed by atoms with van der Waals surface area (Å²) in [6.45, 7) is 1.11. The summed E-state index contributed by atoms with van der Waals surface area (Å²) >= 11 is 1.76. The molecule has 1 aromatic heterocycles. The van der Waals surface area contributed by atoms with Crippen molar-refractivity contribution in [2.45, 2.75) is 38.1 Å². The van der Waals surface area contributed by atoms with E-state index in [1.54, 1.807) is 11.3 Å². The van der Waals surface area contributed by atoms with Crippen molar-refractivity contribution in [3.05, 3.63) is 22.4 Å². The molecule has 0 bridgehead atoms. The Balaban J connectivity index is 1.75. The fourth-order valence-corrected chi connectivity index (χ4v) is 2.99. The first-order valence-electron chi connectivity index (χ1n) is 5.99. The molecule has 0 aromatic carbocycles. The second-order valence-corrected chi connectivity index (χ2v) is 5.41. The van der Waals surface area contributed by atoms with Crippen LogP contribution in [-0.4, -0.2) is 30.3 Å². The van der Waals surface area contributed by atoms with Gasteiger partial charge in [-0.25, -0.2) is 0 Å². The Bertz CT molecular complexity index is 324. The summed E-state index contributed by atoms with van der Waals surface area (Å²) in [7, 11) is 2.19. The van der Waals surface area contributed by atoms with Crippen LogP contribution in [0.1, 0.15) is 31.2 Å². The molecule has 1 fully saturated rings. The highest BCUT2D eigenvalue weighted by molar-refractivity contribution is 7.07. The highest BCUT2D eigenvalue weighted by Crippen LogP contribution is 2.19. The SMILES string of the molecule is CN(CCc1ccsc1)C1CCC(=O)CC1. The van der Waals surface area contributed by atoms with E-state index in [0.29, 0.717) is 11.8 Å². The Morgan fingerprint density at radius 3 is 2.81 bits per heavy atom. The number of ketones is 1. The topological polar surface area (TPSA) is 20.3 Å². The molecule has 0 amide bonds. The minimum absolute atomic E-state index is 0.447. The zero-order valence-electron chi connectivity index (χ0n) is 9.82. The van der Waals surface area contributed by atoms with E-state index in [1.807, 2.05) is 0 Å². The quantitative estimate of drug-likeness (QED) is 0.802. The van der Waals surface area contributed by atoms with Crippen LogP contribution >= 0.6 is 11.3 Å². The van der Waals surface area contributed by atoms with Crippen molar-refractivity contribution >= 4 is 17.1 Å². The van der Waals surface area contributed by atoms with Gasteiger partial charge in [-0.2, -0.15) is 11.3 Å². The van der Waals surface area contributed by atoms with Gasteiger partial charge in [0.2, 0.25) is 0 Å². The molecular weight excluding hydrogens is 218 g/mol. The van der Waals surface area contributed by atoms with Crippen LogP contribution in [0.5, 0.6) is 0 Å². The van der Waals surface area contributed by atoms with Gasteiger partial charge in [-0.1, -0.05) is 0 Å². The molecule has 88 valence electrons. The third-order valence-corrected chi connectivity index (χ3v) is 4.20. The second kappa shape index (κ2) is 5.60. The number of nitrogens with zero attached hydrogens (tertiary/aromatic N) is 1. The van der Waals surface area contributed by atoms with Crippen LogP contribution in [0.25, 0.3) is 0 Å². The van der Waals surface area contributed by atoms with Crippen LogP contribution < -0.4 is 0 Å². The molecule has 1 saturated carbocycles. The number of thiophene rings is 1. The number of carbonyl (C=O) groups excluding carboxylic acids is 1. The molecule has 3 heteroatoms. The van der Waals surface area contributed by atoms with E-state index in [4.69, 9.17) is 0 Å². The van der Waals surface area contributed by atoms with Gasteiger partial charge in [-0.15, -0.1) is 0 Å². The second-order valence-electron chi connectivity index (χ2n) is 4.63. The van der Waals surface area contributed by atoms with Crippen molar-refractivity contribution in [3.8, 4) is 0 Å². The molecule has 1 aromatic rings.